The number of benzene rings is 1. The molecule has 0 saturated carbocycles. The maximum atomic E-state index is 13.6. The van der Waals surface area contributed by atoms with E-state index in [0.29, 0.717) is 32.6 Å². The lowest BCUT2D eigenvalue weighted by molar-refractivity contribution is -0.137. The number of nitrogens with zero attached hydrogens (tertiary/aromatic N) is 2. The molecule has 2 amide bonds. The van der Waals surface area contributed by atoms with Crippen molar-refractivity contribution in [1.29, 1.82) is 0 Å². The molecule has 2 saturated heterocycles. The van der Waals surface area contributed by atoms with Gasteiger partial charge in [-0.2, -0.15) is 0 Å². The van der Waals surface area contributed by atoms with E-state index in [1.165, 1.54) is 0 Å². The van der Waals surface area contributed by atoms with Crippen LogP contribution in [0.5, 0.6) is 5.75 Å². The highest BCUT2D eigenvalue weighted by atomic mass is 19.1. The van der Waals surface area contributed by atoms with E-state index in [4.69, 9.17) is 4.74 Å². The van der Waals surface area contributed by atoms with Gasteiger partial charge in [-0.1, -0.05) is 13.0 Å². The summed E-state index contributed by atoms with van der Waals surface area (Å²) in [6.45, 7) is 7.17. The van der Waals surface area contributed by atoms with E-state index in [2.05, 4.69) is 6.58 Å². The van der Waals surface area contributed by atoms with E-state index in [0.717, 1.165) is 18.2 Å². The predicted octanol–water partition coefficient (Wildman–Crippen LogP) is 2.23. The van der Waals surface area contributed by atoms with Crippen molar-refractivity contribution in [3.63, 3.8) is 0 Å². The first kappa shape index (κ1) is 18.4. The van der Waals surface area contributed by atoms with E-state index in [1.54, 1.807) is 15.9 Å². The fourth-order valence-electron chi connectivity index (χ4n) is 3.87. The van der Waals surface area contributed by atoms with Crippen molar-refractivity contribution in [2.45, 2.75) is 13.3 Å². The Morgan fingerprint density at radius 2 is 2.23 bits per heavy atom. The van der Waals surface area contributed by atoms with Gasteiger partial charge in [0, 0.05) is 32.2 Å². The largest absolute Gasteiger partial charge is 0.481 e. The summed E-state index contributed by atoms with van der Waals surface area (Å²) in [6.07, 6.45) is 2.39. The number of ether oxygens (including phenoxy) is 1. The van der Waals surface area contributed by atoms with Gasteiger partial charge in [-0.3, -0.25) is 9.59 Å². The zero-order chi connectivity index (χ0) is 18.9. The third-order valence-corrected chi connectivity index (χ3v) is 5.40. The van der Waals surface area contributed by atoms with Gasteiger partial charge in [0.1, 0.15) is 5.82 Å². The summed E-state index contributed by atoms with van der Waals surface area (Å²) in [6, 6.07) is 2.84. The van der Waals surface area contributed by atoms with Crippen LogP contribution in [-0.2, 0) is 9.59 Å². The Labute approximate surface area is 151 Å². The molecule has 0 aromatic heterocycles. The molecule has 5 nitrogen and oxygen atoms in total. The SMILES string of the molecule is C=CCN1CC[C@]2(CN(C(=O)COc3cc(F)ccc3F)C[C@H]2C)C1=O. The molecule has 26 heavy (non-hydrogen) atoms. The van der Waals surface area contributed by atoms with Crippen LogP contribution < -0.4 is 4.74 Å². The van der Waals surface area contributed by atoms with Crippen LogP contribution in [0.2, 0.25) is 0 Å². The maximum Gasteiger partial charge on any atom is 0.260 e. The van der Waals surface area contributed by atoms with Gasteiger partial charge < -0.3 is 14.5 Å². The molecule has 1 spiro atoms. The van der Waals surface area contributed by atoms with Gasteiger partial charge in [-0.15, -0.1) is 6.58 Å². The molecule has 0 N–H and O–H groups in total. The van der Waals surface area contributed by atoms with E-state index in [1.807, 2.05) is 6.92 Å². The maximum absolute atomic E-state index is 13.6. The molecule has 3 rings (SSSR count). The summed E-state index contributed by atoms with van der Waals surface area (Å²) in [7, 11) is 0. The quantitative estimate of drug-likeness (QED) is 0.753. The number of carbonyl (C=O) groups is 2. The molecule has 2 heterocycles. The number of hydrogen-bond donors (Lipinski definition) is 0. The molecule has 0 radical (unpaired) electrons. The Hall–Kier alpha value is -2.44. The Balaban J connectivity index is 1.64. The second kappa shape index (κ2) is 7.05. The van der Waals surface area contributed by atoms with Crippen LogP contribution in [-0.4, -0.2) is 54.4 Å². The minimum atomic E-state index is -0.725. The highest BCUT2D eigenvalue weighted by Crippen LogP contribution is 2.44. The minimum Gasteiger partial charge on any atom is -0.481 e. The summed E-state index contributed by atoms with van der Waals surface area (Å²) in [4.78, 5) is 28.6. The van der Waals surface area contributed by atoms with Crippen molar-refractivity contribution in [2.24, 2.45) is 11.3 Å². The third kappa shape index (κ3) is 3.18. The zero-order valence-corrected chi connectivity index (χ0v) is 14.7. The normalized spacial score (nSPS) is 25.2. The summed E-state index contributed by atoms with van der Waals surface area (Å²) in [5.74, 6) is -1.92. The molecule has 2 aliphatic heterocycles. The molecule has 0 bridgehead atoms. The van der Waals surface area contributed by atoms with Crippen LogP contribution in [0.3, 0.4) is 0 Å². The van der Waals surface area contributed by atoms with E-state index in [9.17, 15) is 18.4 Å². The van der Waals surface area contributed by atoms with Crippen LogP contribution >= 0.6 is 0 Å². The van der Waals surface area contributed by atoms with Crippen LogP contribution in [0.25, 0.3) is 0 Å². The van der Waals surface area contributed by atoms with Crippen molar-refractivity contribution >= 4 is 11.8 Å². The van der Waals surface area contributed by atoms with Gasteiger partial charge in [0.15, 0.2) is 18.2 Å². The summed E-state index contributed by atoms with van der Waals surface area (Å²) in [5, 5.41) is 0. The fraction of sp³-hybridized carbons (Fsp3) is 0.474. The number of amides is 2. The van der Waals surface area contributed by atoms with Crippen molar-refractivity contribution in [2.75, 3.05) is 32.8 Å². The molecule has 140 valence electrons. The molecular formula is C19H22F2N2O3. The number of hydrogen-bond acceptors (Lipinski definition) is 3. The molecule has 2 fully saturated rings. The molecule has 1 aromatic carbocycles. The van der Waals surface area contributed by atoms with Crippen molar-refractivity contribution < 1.29 is 23.1 Å². The topological polar surface area (TPSA) is 49.9 Å². The van der Waals surface area contributed by atoms with Gasteiger partial charge in [-0.25, -0.2) is 8.78 Å². The lowest BCUT2D eigenvalue weighted by Crippen LogP contribution is -2.41. The van der Waals surface area contributed by atoms with Crippen LogP contribution in [0, 0.1) is 23.0 Å². The first-order valence-electron chi connectivity index (χ1n) is 8.63. The lowest BCUT2D eigenvalue weighted by Gasteiger charge is -2.26. The van der Waals surface area contributed by atoms with Crippen molar-refractivity contribution in [3.05, 3.63) is 42.5 Å². The third-order valence-electron chi connectivity index (χ3n) is 5.40. The Morgan fingerprint density at radius 3 is 2.96 bits per heavy atom. The highest BCUT2D eigenvalue weighted by Gasteiger charge is 2.55. The Bertz CT molecular complexity index is 739. The molecule has 0 unspecified atom stereocenters. The number of likely N-dealkylation sites (tertiary alicyclic amines) is 2. The second-order valence-corrected chi connectivity index (χ2v) is 6.98. The van der Waals surface area contributed by atoms with Crippen LogP contribution in [0.4, 0.5) is 8.78 Å². The van der Waals surface area contributed by atoms with E-state index < -0.39 is 23.7 Å². The standard InChI is InChI=1S/C19H22F2N2O3/c1-3-7-22-8-6-19(18(22)25)12-23(10-13(19)2)17(24)11-26-16-9-14(20)4-5-15(16)21/h3-5,9,13H,1,6-8,10-12H2,2H3/t13-,19-/m1/s1. The summed E-state index contributed by atoms with van der Waals surface area (Å²) in [5.41, 5.74) is -0.567. The molecule has 7 heteroatoms. The number of halogens is 2. The molecule has 2 atom stereocenters. The Kier molecular flexibility index (Phi) is 4.98. The molecule has 1 aromatic rings. The second-order valence-electron chi connectivity index (χ2n) is 6.98. The van der Waals surface area contributed by atoms with E-state index >= 15 is 0 Å². The van der Waals surface area contributed by atoms with Gasteiger partial charge in [0.2, 0.25) is 5.91 Å². The summed E-state index contributed by atoms with van der Waals surface area (Å²) < 4.78 is 31.9. The van der Waals surface area contributed by atoms with Gasteiger partial charge in [0.05, 0.1) is 5.41 Å². The van der Waals surface area contributed by atoms with Gasteiger partial charge >= 0.3 is 0 Å². The molecular weight excluding hydrogens is 342 g/mol. The van der Waals surface area contributed by atoms with Crippen molar-refractivity contribution in [1.82, 2.24) is 9.80 Å². The average molecular weight is 364 g/mol. The fourth-order valence-corrected chi connectivity index (χ4v) is 3.87. The monoisotopic (exact) mass is 364 g/mol. The minimum absolute atomic E-state index is 0.0275. The smallest absolute Gasteiger partial charge is 0.260 e. The van der Waals surface area contributed by atoms with Crippen molar-refractivity contribution in [3.8, 4) is 5.75 Å². The molecule has 0 aliphatic carbocycles. The number of rotatable bonds is 5. The average Bonchev–Trinajstić information content (AvgIpc) is 3.11. The first-order chi connectivity index (χ1) is 12.4. The van der Waals surface area contributed by atoms with Gasteiger partial charge in [0.25, 0.3) is 5.91 Å². The van der Waals surface area contributed by atoms with Crippen LogP contribution in [0.1, 0.15) is 13.3 Å². The zero-order valence-electron chi connectivity index (χ0n) is 14.7. The summed E-state index contributed by atoms with van der Waals surface area (Å²) >= 11 is 0. The van der Waals surface area contributed by atoms with Crippen LogP contribution in [0.15, 0.2) is 30.9 Å². The first-order valence-corrected chi connectivity index (χ1v) is 8.63. The lowest BCUT2D eigenvalue weighted by atomic mass is 9.78. The highest BCUT2D eigenvalue weighted by molar-refractivity contribution is 5.88. The predicted molar refractivity (Wildman–Crippen MR) is 91.4 cm³/mol. The van der Waals surface area contributed by atoms with Gasteiger partial charge in [-0.05, 0) is 24.5 Å². The van der Waals surface area contributed by atoms with E-state index in [-0.39, 0.29) is 23.5 Å². The number of carbonyl (C=O) groups excluding carboxylic acids is 2. The molecule has 2 aliphatic rings. The Morgan fingerprint density at radius 1 is 1.46 bits per heavy atom.